The molecule has 23 heavy (non-hydrogen) atoms. The number of carbonyl (C=O) groups is 1. The Kier molecular flexibility index (Phi) is 6.35. The summed E-state index contributed by atoms with van der Waals surface area (Å²) in [6.45, 7) is 4.55. The van der Waals surface area contributed by atoms with Gasteiger partial charge in [-0.3, -0.25) is 4.79 Å². The van der Waals surface area contributed by atoms with Gasteiger partial charge in [0.05, 0.1) is 5.69 Å². The number of amides is 1. The Bertz CT molecular complexity index is 718. The molecule has 3 nitrogen and oxygen atoms in total. The SMILES string of the molecule is CSC(=O)N(C)c1cccc(I)c1COc1ccc(C)cc1C. The molecule has 2 aromatic rings. The second-order valence-corrected chi connectivity index (χ2v) is 7.24. The van der Waals surface area contributed by atoms with Gasteiger partial charge in [0.1, 0.15) is 12.4 Å². The Morgan fingerprint density at radius 3 is 2.65 bits per heavy atom. The lowest BCUT2D eigenvalue weighted by atomic mass is 10.1. The van der Waals surface area contributed by atoms with Crippen LogP contribution < -0.4 is 9.64 Å². The Morgan fingerprint density at radius 1 is 1.26 bits per heavy atom. The van der Waals surface area contributed by atoms with Crippen molar-refractivity contribution in [2.75, 3.05) is 18.2 Å². The minimum atomic E-state index is 0.0137. The molecule has 0 N–H and O–H groups in total. The highest BCUT2D eigenvalue weighted by Crippen LogP contribution is 2.28. The summed E-state index contributed by atoms with van der Waals surface area (Å²) in [7, 11) is 1.80. The van der Waals surface area contributed by atoms with Crippen LogP contribution in [0.1, 0.15) is 16.7 Å². The van der Waals surface area contributed by atoms with Gasteiger partial charge < -0.3 is 9.64 Å². The second kappa shape index (κ2) is 8.06. The van der Waals surface area contributed by atoms with E-state index in [1.807, 2.05) is 37.3 Å². The maximum atomic E-state index is 12.0. The van der Waals surface area contributed by atoms with Gasteiger partial charge in [0.2, 0.25) is 0 Å². The van der Waals surface area contributed by atoms with Gasteiger partial charge in [-0.05, 0) is 66.5 Å². The average molecular weight is 441 g/mol. The first-order chi connectivity index (χ1) is 10.9. The quantitative estimate of drug-likeness (QED) is 0.595. The molecule has 2 aromatic carbocycles. The van der Waals surface area contributed by atoms with Gasteiger partial charge >= 0.3 is 0 Å². The fourth-order valence-electron chi connectivity index (χ4n) is 2.35. The molecular formula is C18H20INO2S. The third-order valence-corrected chi connectivity index (χ3v) is 5.24. The molecule has 0 spiro atoms. The molecule has 0 aliphatic carbocycles. The summed E-state index contributed by atoms with van der Waals surface area (Å²) >= 11 is 3.49. The lowest BCUT2D eigenvalue weighted by Crippen LogP contribution is -2.23. The van der Waals surface area contributed by atoms with Gasteiger partial charge in [0.15, 0.2) is 0 Å². The first kappa shape index (κ1) is 18.1. The van der Waals surface area contributed by atoms with Crippen LogP contribution >= 0.6 is 34.4 Å². The van der Waals surface area contributed by atoms with Crippen molar-refractivity contribution < 1.29 is 9.53 Å². The van der Waals surface area contributed by atoms with E-state index in [-0.39, 0.29) is 5.24 Å². The van der Waals surface area contributed by atoms with Crippen LogP contribution in [0.4, 0.5) is 10.5 Å². The van der Waals surface area contributed by atoms with Crippen molar-refractivity contribution in [1.29, 1.82) is 0 Å². The molecule has 0 saturated carbocycles. The minimum Gasteiger partial charge on any atom is -0.489 e. The number of thioether (sulfide) groups is 1. The predicted octanol–water partition coefficient (Wildman–Crippen LogP) is 5.41. The van der Waals surface area contributed by atoms with Crippen LogP contribution in [0, 0.1) is 17.4 Å². The highest BCUT2D eigenvalue weighted by atomic mass is 127. The number of anilines is 1. The number of hydrogen-bond acceptors (Lipinski definition) is 3. The summed E-state index contributed by atoms with van der Waals surface area (Å²) in [5.74, 6) is 0.875. The largest absolute Gasteiger partial charge is 0.489 e. The monoisotopic (exact) mass is 441 g/mol. The molecule has 0 fully saturated rings. The van der Waals surface area contributed by atoms with Crippen LogP contribution in [0.3, 0.4) is 0 Å². The van der Waals surface area contributed by atoms with Crippen LogP contribution in [-0.2, 0) is 6.61 Å². The fraction of sp³-hybridized carbons (Fsp3) is 0.278. The zero-order chi connectivity index (χ0) is 17.0. The molecule has 0 unspecified atom stereocenters. The lowest BCUT2D eigenvalue weighted by Gasteiger charge is -2.21. The molecule has 1 amide bonds. The van der Waals surface area contributed by atoms with Gasteiger partial charge in [-0.2, -0.15) is 0 Å². The molecule has 0 aromatic heterocycles. The molecule has 0 heterocycles. The fourth-order valence-corrected chi connectivity index (χ4v) is 3.36. The third kappa shape index (κ3) is 4.41. The number of hydrogen-bond donors (Lipinski definition) is 0. The van der Waals surface area contributed by atoms with Crippen molar-refractivity contribution in [1.82, 2.24) is 0 Å². The predicted molar refractivity (Wildman–Crippen MR) is 107 cm³/mol. The smallest absolute Gasteiger partial charge is 0.285 e. The Hall–Kier alpha value is -1.21. The van der Waals surface area contributed by atoms with E-state index in [9.17, 15) is 4.79 Å². The molecule has 2 rings (SSSR count). The summed E-state index contributed by atoms with van der Waals surface area (Å²) in [5.41, 5.74) is 4.25. The summed E-state index contributed by atoms with van der Waals surface area (Å²) < 4.78 is 7.10. The van der Waals surface area contributed by atoms with Crippen LogP contribution in [0.25, 0.3) is 0 Å². The van der Waals surface area contributed by atoms with E-state index in [1.54, 1.807) is 18.2 Å². The van der Waals surface area contributed by atoms with E-state index in [0.29, 0.717) is 6.61 Å². The van der Waals surface area contributed by atoms with Gasteiger partial charge in [0.25, 0.3) is 5.24 Å². The van der Waals surface area contributed by atoms with Gasteiger partial charge in [0, 0.05) is 16.2 Å². The molecule has 0 aliphatic heterocycles. The molecule has 0 saturated heterocycles. The molecule has 122 valence electrons. The minimum absolute atomic E-state index is 0.0137. The van der Waals surface area contributed by atoms with Gasteiger partial charge in [-0.1, -0.05) is 35.5 Å². The zero-order valence-electron chi connectivity index (χ0n) is 13.7. The standard InChI is InChI=1S/C18H20INO2S/c1-12-8-9-17(13(2)10-12)22-11-14-15(19)6-5-7-16(14)20(3)18(21)23-4/h5-10H,11H2,1-4H3. The molecule has 0 atom stereocenters. The van der Waals surface area contributed by atoms with Crippen LogP contribution in [0.5, 0.6) is 5.75 Å². The maximum Gasteiger partial charge on any atom is 0.285 e. The number of benzene rings is 2. The third-order valence-electron chi connectivity index (χ3n) is 3.61. The Balaban J connectivity index is 2.27. The van der Waals surface area contributed by atoms with Crippen molar-refractivity contribution in [3.63, 3.8) is 0 Å². The molecule has 0 radical (unpaired) electrons. The normalized spacial score (nSPS) is 10.5. The van der Waals surface area contributed by atoms with Crippen molar-refractivity contribution >= 4 is 45.3 Å². The molecule has 0 aliphatic rings. The number of nitrogens with zero attached hydrogens (tertiary/aromatic N) is 1. The first-order valence-corrected chi connectivity index (χ1v) is 9.53. The van der Waals surface area contributed by atoms with E-state index < -0.39 is 0 Å². The van der Waals surface area contributed by atoms with Crippen LogP contribution in [-0.4, -0.2) is 18.5 Å². The summed E-state index contributed by atoms with van der Waals surface area (Å²) in [6, 6.07) is 12.1. The van der Waals surface area contributed by atoms with Crippen LogP contribution in [0.15, 0.2) is 36.4 Å². The first-order valence-electron chi connectivity index (χ1n) is 7.23. The maximum absolute atomic E-state index is 12.0. The second-order valence-electron chi connectivity index (χ2n) is 5.32. The Labute approximate surface area is 155 Å². The van der Waals surface area contributed by atoms with Gasteiger partial charge in [-0.25, -0.2) is 0 Å². The number of carbonyl (C=O) groups excluding carboxylic acids is 1. The zero-order valence-corrected chi connectivity index (χ0v) is 16.7. The van der Waals surface area contributed by atoms with E-state index in [1.165, 1.54) is 17.3 Å². The number of ether oxygens (including phenoxy) is 1. The highest BCUT2D eigenvalue weighted by molar-refractivity contribution is 14.1. The topological polar surface area (TPSA) is 29.5 Å². The Morgan fingerprint density at radius 2 is 2.00 bits per heavy atom. The summed E-state index contributed by atoms with van der Waals surface area (Å²) in [5, 5.41) is 0.0137. The van der Waals surface area contributed by atoms with Crippen molar-refractivity contribution in [2.45, 2.75) is 20.5 Å². The van der Waals surface area contributed by atoms with E-state index in [2.05, 4.69) is 35.6 Å². The van der Waals surface area contributed by atoms with Crippen LogP contribution in [0.2, 0.25) is 0 Å². The summed E-state index contributed by atoms with van der Waals surface area (Å²) in [4.78, 5) is 13.7. The average Bonchev–Trinajstić information content (AvgIpc) is 2.53. The number of halogens is 1. The van der Waals surface area contributed by atoms with Crippen molar-refractivity contribution in [3.05, 3.63) is 56.7 Å². The molecular weight excluding hydrogens is 421 g/mol. The summed E-state index contributed by atoms with van der Waals surface area (Å²) in [6.07, 6.45) is 1.79. The van der Waals surface area contributed by atoms with Gasteiger partial charge in [-0.15, -0.1) is 0 Å². The molecule has 0 bridgehead atoms. The number of aryl methyl sites for hydroxylation is 2. The number of rotatable bonds is 4. The highest BCUT2D eigenvalue weighted by Gasteiger charge is 2.16. The molecule has 5 heteroatoms. The van der Waals surface area contributed by atoms with Crippen molar-refractivity contribution in [3.8, 4) is 5.75 Å². The lowest BCUT2D eigenvalue weighted by molar-refractivity contribution is 0.266. The van der Waals surface area contributed by atoms with E-state index in [0.717, 1.165) is 26.1 Å². The van der Waals surface area contributed by atoms with Crippen molar-refractivity contribution in [2.24, 2.45) is 0 Å². The van der Waals surface area contributed by atoms with E-state index in [4.69, 9.17) is 4.74 Å². The van der Waals surface area contributed by atoms with E-state index >= 15 is 0 Å².